The second-order valence-corrected chi connectivity index (χ2v) is 8.10. The first kappa shape index (κ1) is 19.3. The number of hydrogen-bond acceptors (Lipinski definition) is 6. The summed E-state index contributed by atoms with van der Waals surface area (Å²) in [6, 6.07) is 14.8. The number of rotatable bonds is 5. The van der Waals surface area contributed by atoms with Crippen molar-refractivity contribution in [3.8, 4) is 5.75 Å². The van der Waals surface area contributed by atoms with Gasteiger partial charge in [-0.25, -0.2) is 23.2 Å². The predicted octanol–water partition coefficient (Wildman–Crippen LogP) is 3.98. The van der Waals surface area contributed by atoms with Gasteiger partial charge in [-0.1, -0.05) is 59.6 Å². The molecule has 9 heteroatoms. The largest absolute Gasteiger partial charge is 0.422 e. The molecule has 0 amide bonds. The van der Waals surface area contributed by atoms with E-state index in [0.29, 0.717) is 10.6 Å². The molecular weight excluding hydrogens is 411 g/mol. The average Bonchev–Trinajstić information content (AvgIpc) is 2.64. The van der Waals surface area contributed by atoms with Crippen LogP contribution >= 0.6 is 23.2 Å². The molecule has 3 rings (SSSR count). The number of benzene rings is 2. The number of halogens is 2. The monoisotopic (exact) mass is 422 g/mol. The highest BCUT2D eigenvalue weighted by atomic mass is 35.5. The summed E-state index contributed by atoms with van der Waals surface area (Å²) in [5, 5.41) is -0.349. The molecule has 0 bridgehead atoms. The molecule has 0 radical (unpaired) electrons. The molecule has 0 spiro atoms. The number of para-hydroxylation sites is 1. The van der Waals surface area contributed by atoms with Crippen LogP contribution in [0.3, 0.4) is 0 Å². The minimum atomic E-state index is -3.95. The molecule has 2 aromatic carbocycles. The Morgan fingerprint density at radius 3 is 2.33 bits per heavy atom. The number of ether oxygens (including phenoxy) is 1. The molecule has 1 heterocycles. The maximum Gasteiger partial charge on any atom is 0.364 e. The Labute approximate surface area is 165 Å². The van der Waals surface area contributed by atoms with E-state index in [-0.39, 0.29) is 16.5 Å². The van der Waals surface area contributed by atoms with Crippen LogP contribution in [0.25, 0.3) is 0 Å². The standard InChI is InChI=1S/C18H12Cl2N2O4S/c19-14-9-5-4-6-12(14)11-27(24,25)18-21-10-15(20)16(22-18)17(23)26-13-7-2-1-3-8-13/h1-10H,11H2. The molecule has 0 aliphatic carbocycles. The lowest BCUT2D eigenvalue weighted by Gasteiger charge is -2.08. The fourth-order valence-electron chi connectivity index (χ4n) is 2.17. The van der Waals surface area contributed by atoms with Crippen LogP contribution in [0.5, 0.6) is 5.75 Å². The van der Waals surface area contributed by atoms with E-state index in [4.69, 9.17) is 27.9 Å². The lowest BCUT2D eigenvalue weighted by atomic mass is 10.2. The van der Waals surface area contributed by atoms with Crippen molar-refractivity contribution in [3.63, 3.8) is 0 Å². The van der Waals surface area contributed by atoms with Crippen LogP contribution in [0, 0.1) is 0 Å². The molecule has 0 aliphatic rings. The summed E-state index contributed by atoms with van der Waals surface area (Å²) in [5.41, 5.74) is 0.0550. The minimum absolute atomic E-state index is 0.118. The molecule has 0 fully saturated rings. The number of sulfone groups is 1. The lowest BCUT2D eigenvalue weighted by molar-refractivity contribution is 0.0727. The van der Waals surface area contributed by atoms with Crippen molar-refractivity contribution < 1.29 is 17.9 Å². The van der Waals surface area contributed by atoms with E-state index in [2.05, 4.69) is 9.97 Å². The predicted molar refractivity (Wildman–Crippen MR) is 101 cm³/mol. The van der Waals surface area contributed by atoms with Crippen molar-refractivity contribution in [2.45, 2.75) is 10.9 Å². The summed E-state index contributed by atoms with van der Waals surface area (Å²) < 4.78 is 30.4. The van der Waals surface area contributed by atoms with Crippen molar-refractivity contribution in [1.82, 2.24) is 9.97 Å². The average molecular weight is 423 g/mol. The van der Waals surface area contributed by atoms with E-state index in [1.807, 2.05) is 0 Å². The Balaban J connectivity index is 1.90. The quantitative estimate of drug-likeness (QED) is 0.351. The number of aromatic nitrogens is 2. The zero-order chi connectivity index (χ0) is 19.4. The minimum Gasteiger partial charge on any atom is -0.422 e. The zero-order valence-corrected chi connectivity index (χ0v) is 16.0. The molecule has 6 nitrogen and oxygen atoms in total. The maximum absolute atomic E-state index is 12.6. The molecule has 1 aromatic heterocycles. The summed E-state index contributed by atoms with van der Waals surface area (Å²) in [6.45, 7) is 0. The second-order valence-electron chi connectivity index (χ2n) is 5.40. The molecule has 0 saturated carbocycles. The summed E-state index contributed by atoms with van der Waals surface area (Å²) >= 11 is 12.0. The SMILES string of the molecule is O=C(Oc1ccccc1)c1nc(S(=O)(=O)Cc2ccccc2Cl)ncc1Cl. The van der Waals surface area contributed by atoms with Gasteiger partial charge in [0.25, 0.3) is 0 Å². The lowest BCUT2D eigenvalue weighted by Crippen LogP contribution is -2.16. The Bertz CT molecular complexity index is 1090. The van der Waals surface area contributed by atoms with Gasteiger partial charge in [0.15, 0.2) is 5.69 Å². The Hall–Kier alpha value is -2.48. The number of carbonyl (C=O) groups is 1. The zero-order valence-electron chi connectivity index (χ0n) is 13.7. The number of nitrogens with zero attached hydrogens (tertiary/aromatic N) is 2. The molecular formula is C18H12Cl2N2O4S. The fourth-order valence-corrected chi connectivity index (χ4v) is 3.86. The van der Waals surface area contributed by atoms with Crippen molar-refractivity contribution >= 4 is 39.0 Å². The van der Waals surface area contributed by atoms with Gasteiger partial charge in [-0.05, 0) is 23.8 Å². The summed E-state index contributed by atoms with van der Waals surface area (Å²) in [7, 11) is -3.95. The molecule has 138 valence electrons. The van der Waals surface area contributed by atoms with Crippen molar-refractivity contribution in [3.05, 3.63) is 82.1 Å². The smallest absolute Gasteiger partial charge is 0.364 e. The van der Waals surface area contributed by atoms with Crippen molar-refractivity contribution in [1.29, 1.82) is 0 Å². The Morgan fingerprint density at radius 2 is 1.63 bits per heavy atom. The third kappa shape index (κ3) is 4.63. The van der Waals surface area contributed by atoms with Gasteiger partial charge in [0.1, 0.15) is 5.75 Å². The normalized spacial score (nSPS) is 11.2. The molecule has 3 aromatic rings. The van der Waals surface area contributed by atoms with Crippen LogP contribution in [0.4, 0.5) is 0 Å². The third-order valence-electron chi connectivity index (χ3n) is 3.45. The van der Waals surface area contributed by atoms with Gasteiger partial charge in [0, 0.05) is 5.02 Å². The highest BCUT2D eigenvalue weighted by molar-refractivity contribution is 7.90. The molecule has 0 atom stereocenters. The van der Waals surface area contributed by atoms with Crippen LogP contribution in [0.2, 0.25) is 10.0 Å². The van der Waals surface area contributed by atoms with E-state index in [1.54, 1.807) is 54.6 Å². The van der Waals surface area contributed by atoms with Gasteiger partial charge in [0.05, 0.1) is 17.0 Å². The molecule has 0 unspecified atom stereocenters. The third-order valence-corrected chi connectivity index (χ3v) is 5.54. The topological polar surface area (TPSA) is 86.2 Å². The van der Waals surface area contributed by atoms with E-state index in [0.717, 1.165) is 6.20 Å². The highest BCUT2D eigenvalue weighted by Crippen LogP contribution is 2.22. The first-order chi connectivity index (χ1) is 12.9. The van der Waals surface area contributed by atoms with Crippen LogP contribution in [0.1, 0.15) is 16.1 Å². The van der Waals surface area contributed by atoms with Gasteiger partial charge in [-0.3, -0.25) is 0 Å². The maximum atomic E-state index is 12.6. The van der Waals surface area contributed by atoms with Gasteiger partial charge in [-0.15, -0.1) is 0 Å². The van der Waals surface area contributed by atoms with Gasteiger partial charge < -0.3 is 4.74 Å². The van der Waals surface area contributed by atoms with Gasteiger partial charge >= 0.3 is 5.97 Å². The molecule has 27 heavy (non-hydrogen) atoms. The van der Waals surface area contributed by atoms with Crippen molar-refractivity contribution in [2.24, 2.45) is 0 Å². The van der Waals surface area contributed by atoms with Crippen molar-refractivity contribution in [2.75, 3.05) is 0 Å². The first-order valence-corrected chi connectivity index (χ1v) is 10.0. The van der Waals surface area contributed by atoms with Crippen LogP contribution < -0.4 is 4.74 Å². The summed E-state index contributed by atoms with van der Waals surface area (Å²) in [4.78, 5) is 19.9. The number of hydrogen-bond donors (Lipinski definition) is 0. The van der Waals surface area contributed by atoms with Gasteiger partial charge in [-0.2, -0.15) is 0 Å². The number of carbonyl (C=O) groups excluding carboxylic acids is 1. The second kappa shape index (κ2) is 8.04. The molecule has 0 aliphatic heterocycles. The van der Waals surface area contributed by atoms with E-state index in [9.17, 15) is 13.2 Å². The van der Waals surface area contributed by atoms with Crippen LogP contribution in [-0.4, -0.2) is 24.4 Å². The Morgan fingerprint density at radius 1 is 0.963 bits per heavy atom. The van der Waals surface area contributed by atoms with E-state index < -0.39 is 26.7 Å². The van der Waals surface area contributed by atoms with E-state index in [1.165, 1.54) is 0 Å². The summed E-state index contributed by atoms with van der Waals surface area (Å²) in [5.74, 6) is -1.03. The Kier molecular flexibility index (Phi) is 5.74. The van der Waals surface area contributed by atoms with E-state index >= 15 is 0 Å². The van der Waals surface area contributed by atoms with Crippen LogP contribution in [-0.2, 0) is 15.6 Å². The molecule has 0 saturated heterocycles. The highest BCUT2D eigenvalue weighted by Gasteiger charge is 2.24. The molecule has 0 N–H and O–H groups in total. The number of esters is 1. The van der Waals surface area contributed by atoms with Crippen LogP contribution in [0.15, 0.2) is 66.0 Å². The van der Waals surface area contributed by atoms with Gasteiger partial charge in [0.2, 0.25) is 15.0 Å². The first-order valence-electron chi connectivity index (χ1n) is 7.63. The fraction of sp³-hybridized carbons (Fsp3) is 0.0556. The summed E-state index contributed by atoms with van der Waals surface area (Å²) in [6.07, 6.45) is 1.05.